The number of aliphatic carboxylic acids is 2. The van der Waals surface area contributed by atoms with Crippen molar-refractivity contribution in [1.82, 2.24) is 0 Å². The molecule has 0 amide bonds. The smallest absolute Gasteiger partial charge is 0.364 e. The number of ether oxygens (including phenoxy) is 7. The van der Waals surface area contributed by atoms with E-state index in [0.717, 1.165) is 24.8 Å². The molecule has 1 spiro atoms. The minimum atomic E-state index is -2.25. The number of hydrogen-bond acceptors (Lipinski definition) is 10. The summed E-state index contributed by atoms with van der Waals surface area (Å²) < 4.78 is 46.7. The van der Waals surface area contributed by atoms with E-state index in [9.17, 15) is 24.9 Å². The summed E-state index contributed by atoms with van der Waals surface area (Å²) in [6.45, 7) is 16.4. The van der Waals surface area contributed by atoms with Gasteiger partial charge in [0.2, 0.25) is 0 Å². The van der Waals surface area contributed by atoms with Gasteiger partial charge in [0.05, 0.1) is 66.5 Å². The van der Waals surface area contributed by atoms with Crippen molar-refractivity contribution in [2.45, 2.75) is 179 Å². The average Bonchev–Trinajstić information content (AvgIpc) is 3.87. The Balaban J connectivity index is 1.19. The van der Waals surface area contributed by atoms with Crippen LogP contribution in [0.1, 0.15) is 112 Å². The molecule has 5 saturated heterocycles. The van der Waals surface area contributed by atoms with E-state index >= 15 is 0 Å². The summed E-state index contributed by atoms with van der Waals surface area (Å²) in [6.07, 6.45) is 2.78. The molecule has 0 aliphatic carbocycles. The number of benzene rings is 1. The van der Waals surface area contributed by atoms with Crippen LogP contribution in [0.2, 0.25) is 0 Å². The lowest BCUT2D eigenvalue weighted by Crippen LogP contribution is -2.58. The van der Waals surface area contributed by atoms with E-state index in [1.807, 2.05) is 44.2 Å². The van der Waals surface area contributed by atoms with Gasteiger partial charge in [-0.05, 0) is 69.8 Å². The Hall–Kier alpha value is -2.16. The van der Waals surface area contributed by atoms with Gasteiger partial charge >= 0.3 is 11.9 Å². The quantitative estimate of drug-likeness (QED) is 0.198. The number of rotatable bonds is 13. The predicted octanol–water partition coefficient (Wildman–Crippen LogP) is 6.59. The van der Waals surface area contributed by atoms with Crippen LogP contribution in [0.25, 0.3) is 0 Å². The molecule has 55 heavy (non-hydrogen) atoms. The van der Waals surface area contributed by atoms with Crippen molar-refractivity contribution >= 4 is 11.9 Å². The van der Waals surface area contributed by atoms with E-state index in [0.29, 0.717) is 38.7 Å². The van der Waals surface area contributed by atoms with Gasteiger partial charge in [0.15, 0.2) is 5.79 Å². The van der Waals surface area contributed by atoms with Gasteiger partial charge in [0.25, 0.3) is 5.79 Å². The largest absolute Gasteiger partial charge is 0.481 e. The van der Waals surface area contributed by atoms with Crippen LogP contribution in [0.3, 0.4) is 0 Å². The Labute approximate surface area is 326 Å². The molecule has 5 heterocycles. The summed E-state index contributed by atoms with van der Waals surface area (Å²) in [7, 11) is 1.56. The molecule has 17 atom stereocenters. The Bertz CT molecular complexity index is 1490. The lowest BCUT2D eigenvalue weighted by molar-refractivity contribution is -0.339. The molecule has 3 N–H and O–H groups in total. The molecule has 310 valence electrons. The second kappa shape index (κ2) is 16.2. The first-order chi connectivity index (χ1) is 25.9. The van der Waals surface area contributed by atoms with Crippen LogP contribution >= 0.6 is 0 Å². The van der Waals surface area contributed by atoms with Gasteiger partial charge in [0.1, 0.15) is 0 Å². The fourth-order valence-corrected chi connectivity index (χ4v) is 10.9. The molecule has 0 bridgehead atoms. The topological polar surface area (TPSA) is 159 Å². The molecule has 12 heteroatoms. The molecule has 1 aromatic carbocycles. The van der Waals surface area contributed by atoms with Gasteiger partial charge in [0, 0.05) is 37.7 Å². The number of carbonyl (C=O) groups is 2. The monoisotopic (exact) mass is 774 g/mol. The first-order valence-corrected chi connectivity index (χ1v) is 20.7. The Kier molecular flexibility index (Phi) is 12.5. The standard InChI is InChI=1S/C43H66O12/c1-10-41(37-25(3)21-31(51-37)34-24(2)20-26(4)43(48,54-34)39(46)47)17-16-33(52-41)40(8)18-19-42(55-40)22-32(50-23-30-14-12-11-13-15-30)27(5)36(53-42)28(6)35(49-9)29(7)38(44)45/h11-15,24-29,31-37,48H,10,16-23H2,1-9H3,(H,44,45)(H,46,47)/t24-,25-,26+,27+,28-,29-,31+,32-,33+,34-,35+,36+,37+,40-,41-,42+,43+/m0/s1. The second-order valence-electron chi connectivity index (χ2n) is 18.1. The van der Waals surface area contributed by atoms with Gasteiger partial charge in [-0.15, -0.1) is 0 Å². The van der Waals surface area contributed by atoms with Gasteiger partial charge < -0.3 is 48.5 Å². The van der Waals surface area contributed by atoms with Crippen LogP contribution in [0.4, 0.5) is 0 Å². The van der Waals surface area contributed by atoms with E-state index in [1.54, 1.807) is 21.0 Å². The third-order valence-electron chi connectivity index (χ3n) is 14.3. The highest BCUT2D eigenvalue weighted by atomic mass is 16.7. The highest BCUT2D eigenvalue weighted by molar-refractivity contribution is 5.75. The normalized spacial score (nSPS) is 45.1. The summed E-state index contributed by atoms with van der Waals surface area (Å²) >= 11 is 0. The molecule has 5 fully saturated rings. The van der Waals surface area contributed by atoms with E-state index in [4.69, 9.17) is 33.2 Å². The van der Waals surface area contributed by atoms with Crippen molar-refractivity contribution in [2.24, 2.45) is 35.5 Å². The van der Waals surface area contributed by atoms with Gasteiger partial charge in [-0.2, -0.15) is 0 Å². The van der Waals surface area contributed by atoms with Crippen LogP contribution in [0.5, 0.6) is 0 Å². The molecule has 1 aromatic rings. The molecule has 5 aliphatic heterocycles. The minimum Gasteiger partial charge on any atom is -0.481 e. The zero-order valence-electron chi connectivity index (χ0n) is 34.3. The van der Waals surface area contributed by atoms with E-state index in [-0.39, 0.29) is 48.1 Å². The summed E-state index contributed by atoms with van der Waals surface area (Å²) in [5.41, 5.74) is -0.168. The Morgan fingerprint density at radius 1 is 0.964 bits per heavy atom. The van der Waals surface area contributed by atoms with Crippen LogP contribution in [0.15, 0.2) is 30.3 Å². The summed E-state index contributed by atoms with van der Waals surface area (Å²) in [4.78, 5) is 24.2. The van der Waals surface area contributed by atoms with E-state index < -0.39 is 64.9 Å². The lowest BCUT2D eigenvalue weighted by atomic mass is 9.78. The summed E-state index contributed by atoms with van der Waals surface area (Å²) in [6, 6.07) is 10.1. The Morgan fingerprint density at radius 2 is 1.67 bits per heavy atom. The van der Waals surface area contributed by atoms with Crippen molar-refractivity contribution in [2.75, 3.05) is 7.11 Å². The molecule has 0 aromatic heterocycles. The van der Waals surface area contributed by atoms with E-state index in [2.05, 4.69) is 27.7 Å². The maximum absolute atomic E-state index is 12.1. The Morgan fingerprint density at radius 3 is 2.31 bits per heavy atom. The van der Waals surface area contributed by atoms with Crippen LogP contribution in [-0.4, -0.2) is 99.9 Å². The fraction of sp³-hybridized carbons (Fsp3) is 0.814. The summed E-state index contributed by atoms with van der Waals surface area (Å²) in [5, 5.41) is 30.7. The molecule has 5 aliphatic rings. The van der Waals surface area contributed by atoms with Gasteiger partial charge in [-0.1, -0.05) is 71.9 Å². The third-order valence-corrected chi connectivity index (χ3v) is 14.3. The molecule has 0 unspecified atom stereocenters. The van der Waals surface area contributed by atoms with Crippen molar-refractivity contribution < 1.29 is 58.1 Å². The molecule has 0 radical (unpaired) electrons. The molecule has 6 rings (SSSR count). The van der Waals surface area contributed by atoms with Crippen molar-refractivity contribution in [3.63, 3.8) is 0 Å². The summed E-state index contributed by atoms with van der Waals surface area (Å²) in [5.74, 6) is -6.96. The number of carboxylic acid groups (broad SMARTS) is 2. The van der Waals surface area contributed by atoms with Crippen LogP contribution < -0.4 is 0 Å². The maximum atomic E-state index is 12.1. The van der Waals surface area contributed by atoms with Crippen molar-refractivity contribution in [3.05, 3.63) is 35.9 Å². The highest BCUT2D eigenvalue weighted by Crippen LogP contribution is 2.55. The minimum absolute atomic E-state index is 0.0131. The highest BCUT2D eigenvalue weighted by Gasteiger charge is 2.63. The van der Waals surface area contributed by atoms with Crippen molar-refractivity contribution in [3.8, 4) is 0 Å². The number of methoxy groups -OCH3 is 1. The SMILES string of the molecule is CC[C@@]1([C@@H]2O[C@@H]([C@H]3O[C@@](O)(C(=O)O)[C@H](C)C[C@@H]3C)C[C@@H]2C)CC[C@H]([C@]2(C)CC[C@]3(C[C@H](OCc4ccccc4)[C@@H](C)[C@H]([C@@H](C)[C@@H](OC)[C@H](C)C(=O)O)O3)O2)O1. The molecular formula is C43H66O12. The lowest BCUT2D eigenvalue weighted by Gasteiger charge is -2.50. The average molecular weight is 775 g/mol. The fourth-order valence-electron chi connectivity index (χ4n) is 10.9. The zero-order valence-corrected chi connectivity index (χ0v) is 34.3. The van der Waals surface area contributed by atoms with Gasteiger partial charge in [-0.25, -0.2) is 4.79 Å². The number of carboxylic acids is 2. The molecular weight excluding hydrogens is 708 g/mol. The number of aliphatic hydroxyl groups is 1. The maximum Gasteiger partial charge on any atom is 0.364 e. The molecule has 12 nitrogen and oxygen atoms in total. The zero-order chi connectivity index (χ0) is 40.1. The first kappa shape index (κ1) is 42.4. The van der Waals surface area contributed by atoms with Crippen LogP contribution in [0, 0.1) is 35.5 Å². The molecule has 0 saturated carbocycles. The van der Waals surface area contributed by atoms with Gasteiger partial charge in [-0.3, -0.25) is 4.79 Å². The second-order valence-corrected chi connectivity index (χ2v) is 18.1. The van der Waals surface area contributed by atoms with Crippen LogP contribution in [-0.2, 0) is 49.4 Å². The van der Waals surface area contributed by atoms with Crippen molar-refractivity contribution in [1.29, 1.82) is 0 Å². The number of hydrogen-bond donors (Lipinski definition) is 3. The van der Waals surface area contributed by atoms with E-state index in [1.165, 1.54) is 0 Å². The third kappa shape index (κ3) is 8.00. The first-order valence-electron chi connectivity index (χ1n) is 20.7. The predicted molar refractivity (Wildman–Crippen MR) is 202 cm³/mol.